The molecule has 0 heterocycles. The Balaban J connectivity index is 5.24. The molecule has 0 rings (SSSR count). The molecule has 17 nitrogen and oxygen atoms in total. The number of ether oxygens (including phenoxy) is 4. The van der Waals surface area contributed by atoms with Gasteiger partial charge in [-0.2, -0.15) is 0 Å². The van der Waals surface area contributed by atoms with E-state index in [1.54, 1.807) is 0 Å². The number of unbranched alkanes of at least 4 members (excludes halogenated alkanes) is 37. The first-order valence-corrected chi connectivity index (χ1v) is 40.4. The molecule has 0 aromatic heterocycles. The van der Waals surface area contributed by atoms with E-state index in [9.17, 15) is 43.2 Å². The molecule has 0 fully saturated rings. The monoisotopic (exact) mass is 1340 g/mol. The number of rotatable bonds is 70. The average Bonchev–Trinajstić information content (AvgIpc) is 3.71. The highest BCUT2D eigenvalue weighted by Crippen LogP contribution is 2.45. The van der Waals surface area contributed by atoms with Crippen molar-refractivity contribution in [3.8, 4) is 0 Å². The van der Waals surface area contributed by atoms with Crippen molar-refractivity contribution >= 4 is 39.5 Å². The Morgan fingerprint density at radius 1 is 0.319 bits per heavy atom. The Kier molecular flexibility index (Phi) is 61.5. The third-order valence-corrected chi connectivity index (χ3v) is 18.9. The van der Waals surface area contributed by atoms with Gasteiger partial charge in [-0.25, -0.2) is 9.13 Å². The lowest BCUT2D eigenvalue weighted by Crippen LogP contribution is -2.30. The van der Waals surface area contributed by atoms with Gasteiger partial charge < -0.3 is 33.8 Å². The van der Waals surface area contributed by atoms with E-state index in [2.05, 4.69) is 48.5 Å². The maximum absolute atomic E-state index is 13.0. The molecule has 0 aliphatic carbocycles. The Morgan fingerprint density at radius 3 is 0.835 bits per heavy atom. The molecule has 0 amide bonds. The van der Waals surface area contributed by atoms with Crippen molar-refractivity contribution in [2.24, 2.45) is 17.8 Å². The Morgan fingerprint density at radius 2 is 0.560 bits per heavy atom. The minimum Gasteiger partial charge on any atom is -0.462 e. The van der Waals surface area contributed by atoms with E-state index >= 15 is 0 Å². The van der Waals surface area contributed by atoms with Gasteiger partial charge in [0.25, 0.3) is 0 Å². The van der Waals surface area contributed by atoms with E-state index in [1.165, 1.54) is 167 Å². The summed E-state index contributed by atoms with van der Waals surface area (Å²) in [5, 5.41) is 10.6. The Hall–Kier alpha value is -1.94. The van der Waals surface area contributed by atoms with Gasteiger partial charge in [0.2, 0.25) is 0 Å². The van der Waals surface area contributed by atoms with Crippen molar-refractivity contribution in [3.63, 3.8) is 0 Å². The van der Waals surface area contributed by atoms with Crippen LogP contribution in [0.15, 0.2) is 0 Å². The highest BCUT2D eigenvalue weighted by atomic mass is 31.2. The molecule has 3 unspecified atom stereocenters. The van der Waals surface area contributed by atoms with Gasteiger partial charge in [-0.1, -0.05) is 312 Å². The zero-order chi connectivity index (χ0) is 67.3. The fraction of sp³-hybridized carbons (Fsp3) is 0.944. The molecule has 3 N–H and O–H groups in total. The lowest BCUT2D eigenvalue weighted by Gasteiger charge is -2.21. The van der Waals surface area contributed by atoms with Crippen LogP contribution in [0.4, 0.5) is 0 Å². The minimum absolute atomic E-state index is 0.106. The first kappa shape index (κ1) is 89.1. The highest BCUT2D eigenvalue weighted by Gasteiger charge is 2.30. The van der Waals surface area contributed by atoms with E-state index in [1.807, 2.05) is 0 Å². The summed E-state index contributed by atoms with van der Waals surface area (Å²) in [5.74, 6) is 0.226. The zero-order valence-corrected chi connectivity index (χ0v) is 61.1. The molecule has 0 spiro atoms. The number of aliphatic hydroxyl groups is 1. The number of carbonyl (C=O) groups is 4. The molecular weight excluding hydrogens is 1200 g/mol. The summed E-state index contributed by atoms with van der Waals surface area (Å²) in [5.41, 5.74) is 0. The Bertz CT molecular complexity index is 1790. The van der Waals surface area contributed by atoms with Crippen molar-refractivity contribution in [2.45, 2.75) is 381 Å². The van der Waals surface area contributed by atoms with Crippen molar-refractivity contribution in [2.75, 3.05) is 39.6 Å². The minimum atomic E-state index is -4.95. The molecule has 0 aliphatic rings. The van der Waals surface area contributed by atoms with Crippen LogP contribution < -0.4 is 0 Å². The quantitative estimate of drug-likeness (QED) is 0.0222. The Labute approximate surface area is 556 Å². The van der Waals surface area contributed by atoms with Gasteiger partial charge >= 0.3 is 39.5 Å². The summed E-state index contributed by atoms with van der Waals surface area (Å²) < 4.78 is 68.3. The summed E-state index contributed by atoms with van der Waals surface area (Å²) in [4.78, 5) is 72.6. The van der Waals surface area contributed by atoms with Crippen LogP contribution in [0.25, 0.3) is 0 Å². The van der Waals surface area contributed by atoms with Gasteiger partial charge in [-0.15, -0.1) is 0 Å². The second kappa shape index (κ2) is 62.8. The number of aliphatic hydroxyl groups excluding tert-OH is 1. The van der Waals surface area contributed by atoms with Gasteiger partial charge in [-0.05, 0) is 43.4 Å². The van der Waals surface area contributed by atoms with Crippen molar-refractivity contribution in [1.82, 2.24) is 0 Å². The lowest BCUT2D eigenvalue weighted by molar-refractivity contribution is -0.161. The molecule has 0 aromatic carbocycles. The average molecular weight is 1340 g/mol. The van der Waals surface area contributed by atoms with E-state index in [0.717, 1.165) is 114 Å². The van der Waals surface area contributed by atoms with E-state index < -0.39 is 97.5 Å². The first-order valence-electron chi connectivity index (χ1n) is 37.4. The summed E-state index contributed by atoms with van der Waals surface area (Å²) >= 11 is 0. The van der Waals surface area contributed by atoms with Crippen LogP contribution in [0.1, 0.15) is 363 Å². The number of esters is 4. The molecule has 0 saturated heterocycles. The molecule has 0 bridgehead atoms. The number of phosphoric ester groups is 2. The van der Waals surface area contributed by atoms with Crippen LogP contribution in [0.2, 0.25) is 0 Å². The standard InChI is InChI=1S/C72H140O17P2/c1-8-10-11-12-13-32-39-46-53-69(74)82-59-67(88-72(77)56-49-42-35-28-22-21-25-31-38-45-52-65(7)9-2)61-86-90(78,79)84-57-66(73)58-85-91(80,81)87-62-68(60-83-70(75)54-47-40-33-26-20-16-18-24-30-37-44-51-64(5)6)89-71(76)55-48-41-34-27-19-15-14-17-23-29-36-43-50-63(3)4/h63-68,73H,8-62H2,1-7H3,(H,78,79)(H,80,81)/t65?,66-,67+,68+/m0/s1. The van der Waals surface area contributed by atoms with Crippen molar-refractivity contribution in [3.05, 3.63) is 0 Å². The van der Waals surface area contributed by atoms with E-state index in [0.29, 0.717) is 25.7 Å². The maximum atomic E-state index is 13.0. The third-order valence-electron chi connectivity index (χ3n) is 17.0. The molecule has 6 atom stereocenters. The summed E-state index contributed by atoms with van der Waals surface area (Å²) in [7, 11) is -9.90. The fourth-order valence-corrected chi connectivity index (χ4v) is 12.4. The van der Waals surface area contributed by atoms with Gasteiger partial charge in [0.1, 0.15) is 19.3 Å². The van der Waals surface area contributed by atoms with Gasteiger partial charge in [0.05, 0.1) is 26.4 Å². The SMILES string of the molecule is CCCCCCCCCCC(=O)OC[C@H](COP(=O)(O)OC[C@H](O)COP(=O)(O)OC[C@@H](COC(=O)CCCCCCCCCCCCCC(C)C)OC(=O)CCCCCCCCCCCCCCC(C)C)OC(=O)CCCCCCCCCCCCC(C)CC. The largest absolute Gasteiger partial charge is 0.472 e. The van der Waals surface area contributed by atoms with Crippen molar-refractivity contribution in [1.29, 1.82) is 0 Å². The normalized spacial score (nSPS) is 14.5. The molecule has 0 saturated carbocycles. The molecular formula is C72H140O17P2. The third kappa shape index (κ3) is 65.1. The summed E-state index contributed by atoms with van der Waals surface area (Å²) in [6.07, 6.45) is 47.1. The lowest BCUT2D eigenvalue weighted by atomic mass is 9.99. The number of phosphoric acid groups is 2. The number of hydrogen-bond donors (Lipinski definition) is 3. The van der Waals surface area contributed by atoms with Gasteiger partial charge in [0.15, 0.2) is 12.2 Å². The summed E-state index contributed by atoms with van der Waals surface area (Å²) in [6.45, 7) is 11.9. The van der Waals surface area contributed by atoms with Crippen molar-refractivity contribution < 1.29 is 80.2 Å². The molecule has 540 valence electrons. The maximum Gasteiger partial charge on any atom is 0.472 e. The zero-order valence-electron chi connectivity index (χ0n) is 59.3. The first-order chi connectivity index (χ1) is 43.8. The second-order valence-electron chi connectivity index (χ2n) is 27.2. The predicted octanol–water partition coefficient (Wildman–Crippen LogP) is 20.6. The molecule has 19 heteroatoms. The van der Waals surface area contributed by atoms with E-state index in [4.69, 9.17) is 37.0 Å². The number of carbonyl (C=O) groups excluding carboxylic acids is 4. The van der Waals surface area contributed by atoms with Gasteiger partial charge in [0, 0.05) is 25.7 Å². The second-order valence-corrected chi connectivity index (χ2v) is 30.1. The fourth-order valence-electron chi connectivity index (χ4n) is 10.9. The van der Waals surface area contributed by atoms with Crippen LogP contribution in [-0.2, 0) is 65.4 Å². The predicted molar refractivity (Wildman–Crippen MR) is 368 cm³/mol. The molecule has 0 aliphatic heterocycles. The van der Waals surface area contributed by atoms with Crippen LogP contribution in [-0.4, -0.2) is 96.7 Å². The molecule has 91 heavy (non-hydrogen) atoms. The highest BCUT2D eigenvalue weighted by molar-refractivity contribution is 7.47. The van der Waals surface area contributed by atoms with Crippen LogP contribution >= 0.6 is 15.6 Å². The van der Waals surface area contributed by atoms with E-state index in [-0.39, 0.29) is 25.7 Å². The van der Waals surface area contributed by atoms with Gasteiger partial charge in [-0.3, -0.25) is 37.3 Å². The number of hydrogen-bond acceptors (Lipinski definition) is 15. The van der Waals surface area contributed by atoms with Crippen LogP contribution in [0.5, 0.6) is 0 Å². The summed E-state index contributed by atoms with van der Waals surface area (Å²) in [6, 6.07) is 0. The smallest absolute Gasteiger partial charge is 0.462 e. The topological polar surface area (TPSA) is 237 Å². The molecule has 0 aromatic rings. The van der Waals surface area contributed by atoms with Crippen LogP contribution in [0.3, 0.4) is 0 Å². The van der Waals surface area contributed by atoms with Crippen LogP contribution in [0, 0.1) is 17.8 Å². The molecule has 0 radical (unpaired) electrons.